The van der Waals surface area contributed by atoms with Crippen LogP contribution in [0.1, 0.15) is 33.1 Å². The van der Waals surface area contributed by atoms with Crippen molar-refractivity contribution in [3.05, 3.63) is 0 Å². The van der Waals surface area contributed by atoms with Gasteiger partial charge in [0.15, 0.2) is 0 Å². The maximum Gasteiger partial charge on any atom is 0.222 e. The lowest BCUT2D eigenvalue weighted by molar-refractivity contribution is -0.127. The van der Waals surface area contributed by atoms with E-state index in [9.17, 15) is 4.79 Å². The number of nitrogens with one attached hydrogen (secondary N) is 1. The standard InChI is InChI=1S/C10H20N2O/c1-3-6-11-9(2)8-12-7-4-5-10(12)13/h9,11H,3-8H2,1-2H3. The molecule has 1 saturated heterocycles. The van der Waals surface area contributed by atoms with Crippen molar-refractivity contribution in [2.75, 3.05) is 19.6 Å². The van der Waals surface area contributed by atoms with E-state index in [0.29, 0.717) is 11.9 Å². The molecule has 1 fully saturated rings. The zero-order valence-corrected chi connectivity index (χ0v) is 8.68. The van der Waals surface area contributed by atoms with Crippen LogP contribution in [0.2, 0.25) is 0 Å². The highest BCUT2D eigenvalue weighted by Gasteiger charge is 2.21. The molecule has 3 nitrogen and oxygen atoms in total. The second-order valence-electron chi connectivity index (χ2n) is 3.80. The molecule has 0 aromatic rings. The van der Waals surface area contributed by atoms with Crippen molar-refractivity contribution in [1.29, 1.82) is 0 Å². The van der Waals surface area contributed by atoms with E-state index >= 15 is 0 Å². The first-order chi connectivity index (χ1) is 6.24. The van der Waals surface area contributed by atoms with Gasteiger partial charge in [-0.2, -0.15) is 0 Å². The third kappa shape index (κ3) is 3.35. The van der Waals surface area contributed by atoms with Gasteiger partial charge in [0, 0.05) is 25.6 Å². The Morgan fingerprint density at radius 3 is 2.92 bits per heavy atom. The van der Waals surface area contributed by atoms with Gasteiger partial charge < -0.3 is 10.2 Å². The zero-order chi connectivity index (χ0) is 9.68. The molecule has 1 unspecified atom stereocenters. The molecule has 0 aromatic heterocycles. The summed E-state index contributed by atoms with van der Waals surface area (Å²) in [5, 5.41) is 3.39. The van der Waals surface area contributed by atoms with Gasteiger partial charge in [-0.05, 0) is 26.3 Å². The molecule has 1 atom stereocenters. The number of amides is 1. The van der Waals surface area contributed by atoms with Gasteiger partial charge in [-0.1, -0.05) is 6.92 Å². The van der Waals surface area contributed by atoms with Gasteiger partial charge in [0.05, 0.1) is 0 Å². The molecule has 1 rings (SSSR count). The molecule has 1 amide bonds. The summed E-state index contributed by atoms with van der Waals surface area (Å²) < 4.78 is 0. The van der Waals surface area contributed by atoms with Crippen LogP contribution in [0.15, 0.2) is 0 Å². The Morgan fingerprint density at radius 2 is 2.38 bits per heavy atom. The lowest BCUT2D eigenvalue weighted by Crippen LogP contribution is -2.39. The van der Waals surface area contributed by atoms with E-state index in [-0.39, 0.29) is 0 Å². The van der Waals surface area contributed by atoms with Gasteiger partial charge in [-0.25, -0.2) is 0 Å². The molecule has 0 spiro atoms. The summed E-state index contributed by atoms with van der Waals surface area (Å²) in [6.45, 7) is 7.17. The SMILES string of the molecule is CCCNC(C)CN1CCCC1=O. The highest BCUT2D eigenvalue weighted by molar-refractivity contribution is 5.78. The maximum atomic E-state index is 11.3. The molecular formula is C10H20N2O. The fourth-order valence-electron chi connectivity index (χ4n) is 1.68. The summed E-state index contributed by atoms with van der Waals surface area (Å²) in [4.78, 5) is 13.2. The summed E-state index contributed by atoms with van der Waals surface area (Å²) in [5.74, 6) is 0.324. The van der Waals surface area contributed by atoms with E-state index in [4.69, 9.17) is 0 Å². The predicted molar refractivity (Wildman–Crippen MR) is 53.6 cm³/mol. The number of carbonyl (C=O) groups excluding carboxylic acids is 1. The number of nitrogens with zero attached hydrogens (tertiary/aromatic N) is 1. The van der Waals surface area contributed by atoms with Crippen molar-refractivity contribution in [2.24, 2.45) is 0 Å². The van der Waals surface area contributed by atoms with Crippen molar-refractivity contribution in [3.8, 4) is 0 Å². The van der Waals surface area contributed by atoms with Crippen LogP contribution in [0.25, 0.3) is 0 Å². The number of likely N-dealkylation sites (tertiary alicyclic amines) is 1. The van der Waals surface area contributed by atoms with Gasteiger partial charge in [-0.3, -0.25) is 4.79 Å². The second kappa shape index (κ2) is 5.22. The molecule has 0 bridgehead atoms. The Morgan fingerprint density at radius 1 is 1.62 bits per heavy atom. The minimum Gasteiger partial charge on any atom is -0.341 e. The van der Waals surface area contributed by atoms with Gasteiger partial charge in [0.2, 0.25) is 5.91 Å². The number of hydrogen-bond donors (Lipinski definition) is 1. The fourth-order valence-corrected chi connectivity index (χ4v) is 1.68. The molecule has 1 N–H and O–H groups in total. The van der Waals surface area contributed by atoms with E-state index in [1.807, 2.05) is 4.90 Å². The Hall–Kier alpha value is -0.570. The average molecular weight is 184 g/mol. The van der Waals surface area contributed by atoms with E-state index in [2.05, 4.69) is 19.2 Å². The molecule has 0 aromatic carbocycles. The van der Waals surface area contributed by atoms with Crippen molar-refractivity contribution in [2.45, 2.75) is 39.2 Å². The first-order valence-electron chi connectivity index (χ1n) is 5.25. The van der Waals surface area contributed by atoms with Gasteiger partial charge in [0.1, 0.15) is 0 Å². The number of rotatable bonds is 5. The van der Waals surface area contributed by atoms with E-state index in [1.165, 1.54) is 0 Å². The smallest absolute Gasteiger partial charge is 0.222 e. The fraction of sp³-hybridized carbons (Fsp3) is 0.900. The Labute approximate surface area is 80.5 Å². The largest absolute Gasteiger partial charge is 0.341 e. The predicted octanol–water partition coefficient (Wildman–Crippen LogP) is 0.997. The van der Waals surface area contributed by atoms with E-state index < -0.39 is 0 Å². The summed E-state index contributed by atoms with van der Waals surface area (Å²) >= 11 is 0. The molecule has 0 saturated carbocycles. The Balaban J connectivity index is 2.19. The van der Waals surface area contributed by atoms with Crippen molar-refractivity contribution in [3.63, 3.8) is 0 Å². The van der Waals surface area contributed by atoms with Crippen LogP contribution in [0.4, 0.5) is 0 Å². The monoisotopic (exact) mass is 184 g/mol. The molecule has 76 valence electrons. The molecule has 0 aliphatic carbocycles. The van der Waals surface area contributed by atoms with Crippen molar-refractivity contribution < 1.29 is 4.79 Å². The summed E-state index contributed by atoms with van der Waals surface area (Å²) in [7, 11) is 0. The van der Waals surface area contributed by atoms with Crippen LogP contribution >= 0.6 is 0 Å². The molecule has 1 aliphatic rings. The minimum absolute atomic E-state index is 0.324. The van der Waals surface area contributed by atoms with Crippen LogP contribution in [0, 0.1) is 0 Å². The summed E-state index contributed by atoms with van der Waals surface area (Å²) in [6.07, 6.45) is 2.94. The highest BCUT2D eigenvalue weighted by atomic mass is 16.2. The average Bonchev–Trinajstić information content (AvgIpc) is 2.48. The first-order valence-corrected chi connectivity index (χ1v) is 5.25. The molecule has 3 heteroatoms. The third-order valence-electron chi connectivity index (χ3n) is 2.41. The van der Waals surface area contributed by atoms with E-state index in [0.717, 1.165) is 38.9 Å². The first kappa shape index (κ1) is 10.5. The van der Waals surface area contributed by atoms with Gasteiger partial charge >= 0.3 is 0 Å². The molecule has 1 heterocycles. The Bertz CT molecular complexity index is 170. The summed E-state index contributed by atoms with van der Waals surface area (Å²) in [6, 6.07) is 0.432. The highest BCUT2D eigenvalue weighted by Crippen LogP contribution is 2.09. The third-order valence-corrected chi connectivity index (χ3v) is 2.41. The lowest BCUT2D eigenvalue weighted by Gasteiger charge is -2.21. The van der Waals surface area contributed by atoms with E-state index in [1.54, 1.807) is 0 Å². The topological polar surface area (TPSA) is 32.3 Å². The van der Waals surface area contributed by atoms with Crippen molar-refractivity contribution >= 4 is 5.91 Å². The van der Waals surface area contributed by atoms with Crippen LogP contribution in [-0.2, 0) is 4.79 Å². The molecule has 1 aliphatic heterocycles. The van der Waals surface area contributed by atoms with Crippen LogP contribution in [0.3, 0.4) is 0 Å². The normalized spacial score (nSPS) is 19.5. The Kier molecular flexibility index (Phi) is 4.22. The van der Waals surface area contributed by atoms with Crippen LogP contribution in [-0.4, -0.2) is 36.5 Å². The van der Waals surface area contributed by atoms with Crippen LogP contribution in [0.5, 0.6) is 0 Å². The maximum absolute atomic E-state index is 11.3. The number of hydrogen-bond acceptors (Lipinski definition) is 2. The lowest BCUT2D eigenvalue weighted by atomic mass is 10.3. The molecular weight excluding hydrogens is 164 g/mol. The second-order valence-corrected chi connectivity index (χ2v) is 3.80. The minimum atomic E-state index is 0.324. The zero-order valence-electron chi connectivity index (χ0n) is 8.68. The molecule has 13 heavy (non-hydrogen) atoms. The molecule has 0 radical (unpaired) electrons. The van der Waals surface area contributed by atoms with Gasteiger partial charge in [0.25, 0.3) is 0 Å². The van der Waals surface area contributed by atoms with Gasteiger partial charge in [-0.15, -0.1) is 0 Å². The summed E-state index contributed by atoms with van der Waals surface area (Å²) in [5.41, 5.74) is 0. The quantitative estimate of drug-likeness (QED) is 0.691. The van der Waals surface area contributed by atoms with Crippen LogP contribution < -0.4 is 5.32 Å². The number of carbonyl (C=O) groups is 1. The van der Waals surface area contributed by atoms with Crippen molar-refractivity contribution in [1.82, 2.24) is 10.2 Å².